The number of carbonyl (C=O) groups is 2. The van der Waals surface area contributed by atoms with Crippen molar-refractivity contribution >= 4 is 11.9 Å². The molecule has 0 saturated heterocycles. The smallest absolute Gasteiger partial charge is 0.327 e. The van der Waals surface area contributed by atoms with E-state index in [4.69, 9.17) is 10.2 Å². The van der Waals surface area contributed by atoms with Crippen molar-refractivity contribution in [3.05, 3.63) is 25.3 Å². The van der Waals surface area contributed by atoms with E-state index in [2.05, 4.69) is 13.2 Å². The first-order valence-electron chi connectivity index (χ1n) is 2.25. The molecule has 0 aromatic heterocycles. The van der Waals surface area contributed by atoms with E-state index >= 15 is 0 Å². The molecule has 0 fully saturated rings. The lowest BCUT2D eigenvalue weighted by atomic mass is 10.7. The van der Waals surface area contributed by atoms with Crippen molar-refractivity contribution in [3.63, 3.8) is 0 Å². The van der Waals surface area contributed by atoms with Crippen molar-refractivity contribution in [3.8, 4) is 0 Å². The monoisotopic (exact) mass is 198 g/mol. The summed E-state index contributed by atoms with van der Waals surface area (Å²) >= 11 is 0. The van der Waals surface area contributed by atoms with Gasteiger partial charge in [0.2, 0.25) is 0 Å². The first kappa shape index (κ1) is 30.2. The average molecular weight is 198 g/mol. The van der Waals surface area contributed by atoms with Gasteiger partial charge in [-0.05, 0) is 0 Å². The van der Waals surface area contributed by atoms with Crippen LogP contribution in [0.15, 0.2) is 25.3 Å². The van der Waals surface area contributed by atoms with Crippen molar-refractivity contribution < 1.29 is 36.2 Å². The zero-order chi connectivity index (χ0) is 8.57. The van der Waals surface area contributed by atoms with Gasteiger partial charge in [0.25, 0.3) is 0 Å². The molecule has 80 valence electrons. The van der Waals surface area contributed by atoms with Crippen LogP contribution in [0.2, 0.25) is 0 Å². The van der Waals surface area contributed by atoms with E-state index in [1.807, 2.05) is 0 Å². The molecule has 8 N–H and O–H groups in total. The molecule has 0 radical (unpaired) electrons. The zero-order valence-electron chi connectivity index (χ0n) is 6.78. The Morgan fingerprint density at radius 2 is 0.923 bits per heavy atom. The first-order chi connectivity index (χ1) is 4.54. The third-order valence-corrected chi connectivity index (χ3v) is 0.349. The summed E-state index contributed by atoms with van der Waals surface area (Å²) in [5.41, 5.74) is 0. The van der Waals surface area contributed by atoms with Crippen LogP contribution in [0.5, 0.6) is 0 Å². The van der Waals surface area contributed by atoms with E-state index in [0.29, 0.717) is 0 Å². The van der Waals surface area contributed by atoms with Gasteiger partial charge in [0.1, 0.15) is 0 Å². The van der Waals surface area contributed by atoms with Gasteiger partial charge in [0.15, 0.2) is 0 Å². The number of hydrogen-bond acceptors (Lipinski definition) is 2. The van der Waals surface area contributed by atoms with Gasteiger partial charge in [-0.1, -0.05) is 13.2 Å². The van der Waals surface area contributed by atoms with Gasteiger partial charge in [-0.2, -0.15) is 0 Å². The molecule has 0 amide bonds. The molecule has 0 atom stereocenters. The van der Waals surface area contributed by atoms with E-state index < -0.39 is 11.9 Å². The van der Waals surface area contributed by atoms with E-state index in [-0.39, 0.29) is 16.4 Å². The Morgan fingerprint density at radius 1 is 0.846 bits per heavy atom. The SMILES string of the molecule is C=CC(=O)O.C=CC(=O)O.O.O.O. The van der Waals surface area contributed by atoms with E-state index in [0.717, 1.165) is 12.2 Å². The fourth-order valence-electron chi connectivity index (χ4n) is 0. The molecule has 0 aromatic rings. The third-order valence-electron chi connectivity index (χ3n) is 0.349. The molecule has 0 saturated carbocycles. The highest BCUT2D eigenvalue weighted by atomic mass is 16.4. The summed E-state index contributed by atoms with van der Waals surface area (Å²) in [5.74, 6) is -1.96. The van der Waals surface area contributed by atoms with Gasteiger partial charge in [-0.15, -0.1) is 0 Å². The highest BCUT2D eigenvalue weighted by Gasteiger charge is 1.73. The Labute approximate surface area is 74.5 Å². The summed E-state index contributed by atoms with van der Waals surface area (Å²) in [5, 5.41) is 15.2. The largest absolute Gasteiger partial charge is 0.478 e. The molecule has 7 heteroatoms. The second-order valence-corrected chi connectivity index (χ2v) is 1.08. The Kier molecular flexibility index (Phi) is 52.1. The fraction of sp³-hybridized carbons (Fsp3) is 0. The molecule has 13 heavy (non-hydrogen) atoms. The maximum absolute atomic E-state index is 9.25. The fourth-order valence-corrected chi connectivity index (χ4v) is 0. The Balaban J connectivity index is -0.0000000267. The molecule has 0 rings (SSSR count). The van der Waals surface area contributed by atoms with E-state index in [9.17, 15) is 9.59 Å². The highest BCUT2D eigenvalue weighted by Crippen LogP contribution is 1.55. The lowest BCUT2D eigenvalue weighted by Crippen LogP contribution is -1.82. The molecular weight excluding hydrogens is 184 g/mol. The minimum Gasteiger partial charge on any atom is -0.478 e. The van der Waals surface area contributed by atoms with Crippen LogP contribution in [-0.2, 0) is 9.59 Å². The van der Waals surface area contributed by atoms with Crippen LogP contribution >= 0.6 is 0 Å². The number of rotatable bonds is 2. The Bertz CT molecular complexity index is 133. The number of carboxylic acid groups (broad SMARTS) is 2. The van der Waals surface area contributed by atoms with Gasteiger partial charge in [-0.25, -0.2) is 9.59 Å². The average Bonchev–Trinajstić information content (AvgIpc) is 1.89. The van der Waals surface area contributed by atoms with Crippen LogP contribution < -0.4 is 0 Å². The van der Waals surface area contributed by atoms with Crippen LogP contribution in [0.4, 0.5) is 0 Å². The van der Waals surface area contributed by atoms with Gasteiger partial charge in [-0.3, -0.25) is 0 Å². The zero-order valence-corrected chi connectivity index (χ0v) is 6.78. The summed E-state index contributed by atoms with van der Waals surface area (Å²) in [4.78, 5) is 18.5. The van der Waals surface area contributed by atoms with Gasteiger partial charge in [0.05, 0.1) is 0 Å². The summed E-state index contributed by atoms with van der Waals surface area (Å²) in [7, 11) is 0. The molecular formula is C6H14O7. The maximum Gasteiger partial charge on any atom is 0.327 e. The second-order valence-electron chi connectivity index (χ2n) is 1.08. The number of aliphatic carboxylic acids is 2. The summed E-state index contributed by atoms with van der Waals surface area (Å²) in [6.45, 7) is 5.92. The predicted octanol–water partition coefficient (Wildman–Crippen LogP) is -1.96. The topological polar surface area (TPSA) is 169 Å². The standard InChI is InChI=1S/2C3H4O2.3H2O/c2*1-2-3(4)5;;;/h2*2H,1H2,(H,4,5);3*1H2. The van der Waals surface area contributed by atoms with Crippen LogP contribution in [0.3, 0.4) is 0 Å². The van der Waals surface area contributed by atoms with Crippen LogP contribution in [0.25, 0.3) is 0 Å². The molecule has 7 nitrogen and oxygen atoms in total. The summed E-state index contributed by atoms with van der Waals surface area (Å²) < 4.78 is 0. The minimum absolute atomic E-state index is 0. The molecule has 0 bridgehead atoms. The summed E-state index contributed by atoms with van der Waals surface area (Å²) in [6, 6.07) is 0. The molecule has 0 unspecified atom stereocenters. The van der Waals surface area contributed by atoms with Crippen molar-refractivity contribution in [2.45, 2.75) is 0 Å². The molecule has 0 aliphatic rings. The van der Waals surface area contributed by atoms with Crippen LogP contribution in [0, 0.1) is 0 Å². The van der Waals surface area contributed by atoms with Crippen molar-refractivity contribution in [1.29, 1.82) is 0 Å². The van der Waals surface area contributed by atoms with Crippen molar-refractivity contribution in [1.82, 2.24) is 0 Å². The Hall–Kier alpha value is -1.70. The van der Waals surface area contributed by atoms with Gasteiger partial charge in [0, 0.05) is 12.2 Å². The molecule has 0 aliphatic heterocycles. The summed E-state index contributed by atoms with van der Waals surface area (Å²) in [6.07, 6.45) is 1.67. The second kappa shape index (κ2) is 22.4. The Morgan fingerprint density at radius 3 is 0.923 bits per heavy atom. The molecule has 0 aliphatic carbocycles. The number of carboxylic acids is 2. The highest BCUT2D eigenvalue weighted by molar-refractivity contribution is 5.79. The number of hydrogen-bond donors (Lipinski definition) is 2. The van der Waals surface area contributed by atoms with Crippen LogP contribution in [0.1, 0.15) is 0 Å². The van der Waals surface area contributed by atoms with Gasteiger partial charge < -0.3 is 26.6 Å². The lowest BCUT2D eigenvalue weighted by molar-refractivity contribution is -0.132. The maximum atomic E-state index is 9.25. The van der Waals surface area contributed by atoms with E-state index in [1.165, 1.54) is 0 Å². The van der Waals surface area contributed by atoms with Crippen molar-refractivity contribution in [2.75, 3.05) is 0 Å². The molecule has 0 spiro atoms. The van der Waals surface area contributed by atoms with Crippen molar-refractivity contribution in [2.24, 2.45) is 0 Å². The minimum atomic E-state index is -0.981. The quantitative estimate of drug-likeness (QED) is 0.491. The molecule has 0 heterocycles. The predicted molar refractivity (Wildman–Crippen MR) is 46.5 cm³/mol. The first-order valence-corrected chi connectivity index (χ1v) is 2.25. The van der Waals surface area contributed by atoms with E-state index in [1.54, 1.807) is 0 Å². The normalized spacial score (nSPS) is 4.92. The lowest BCUT2D eigenvalue weighted by Gasteiger charge is -1.64. The third kappa shape index (κ3) is 134. The van der Waals surface area contributed by atoms with Gasteiger partial charge >= 0.3 is 11.9 Å². The van der Waals surface area contributed by atoms with Crippen LogP contribution in [-0.4, -0.2) is 38.6 Å². The molecule has 0 aromatic carbocycles.